The Kier molecular flexibility index (Phi) is 19.7. The average Bonchev–Trinajstić information content (AvgIpc) is 3.97. The number of nitrogens with two attached hydrogens (primary N) is 1. The molecule has 1 unspecified atom stereocenters. The molecule has 2 aliphatic rings. The molecular weight excluding hydrogens is 943 g/mol. The smallest absolute Gasteiger partial charge is 0.402 e. The summed E-state index contributed by atoms with van der Waals surface area (Å²) in [5.41, 5.74) is 5.77. The fourth-order valence-corrected chi connectivity index (χ4v) is 10.2. The number of alkyl halides is 3. The van der Waals surface area contributed by atoms with E-state index in [-0.39, 0.29) is 41.8 Å². The van der Waals surface area contributed by atoms with E-state index < -0.39 is 68.6 Å². The minimum absolute atomic E-state index is 0.00671. The van der Waals surface area contributed by atoms with E-state index >= 15 is 0 Å². The Bertz CT molecular complexity index is 2420. The van der Waals surface area contributed by atoms with Crippen molar-refractivity contribution >= 4 is 30.8 Å². The fourth-order valence-electron chi connectivity index (χ4n) is 8.69. The van der Waals surface area contributed by atoms with Gasteiger partial charge < -0.3 is 29.2 Å². The van der Waals surface area contributed by atoms with Crippen LogP contribution in [-0.4, -0.2) is 63.7 Å². The zero-order valence-electron chi connectivity index (χ0n) is 39.1. The zero-order chi connectivity index (χ0) is 49.5. The van der Waals surface area contributed by atoms with E-state index in [1.54, 1.807) is 48.7 Å². The molecule has 0 radical (unpaired) electrons. The molecule has 6 atom stereocenters. The minimum atomic E-state index is -4.69. The van der Waals surface area contributed by atoms with Gasteiger partial charge in [-0.05, 0) is 74.7 Å². The molecule has 0 spiro atoms. The first-order chi connectivity index (χ1) is 33.0. The summed E-state index contributed by atoms with van der Waals surface area (Å²) < 4.78 is 111. The molecule has 4 heterocycles. The number of hydrogen-bond donors (Lipinski definition) is 1. The second-order valence-electron chi connectivity index (χ2n) is 18.1. The Morgan fingerprint density at radius 2 is 1.54 bits per heavy atom. The number of nitrogen functional groups attached to an aromatic ring is 1. The van der Waals surface area contributed by atoms with Gasteiger partial charge in [0.25, 0.3) is 0 Å². The van der Waals surface area contributed by atoms with Crippen molar-refractivity contribution in [3.63, 3.8) is 0 Å². The second kappa shape index (κ2) is 25.2. The molecule has 0 amide bonds. The third-order valence-corrected chi connectivity index (χ3v) is 13.8. The summed E-state index contributed by atoms with van der Waals surface area (Å²) in [4.78, 5) is 4.06. The lowest BCUT2D eigenvalue weighted by atomic mass is 9.96. The van der Waals surface area contributed by atoms with Gasteiger partial charge in [0.15, 0.2) is 11.6 Å². The number of rotatable bonds is 29. The SMILES string of the molecule is CC1(C)O[C@H]2[C@H](c3ccc4c(N)ncnn34)O[C@](C#N)(COP(=O)(OC[C@@H](CCCCCCCCCCCCCCCCCC(F)(F)F)OCc3cc(F)cc(C#N)c3)Oc3ccccc3Cl)[C@H]2O1. The maximum Gasteiger partial charge on any atom is 0.530 e. The van der Waals surface area contributed by atoms with Crippen molar-refractivity contribution < 1.29 is 54.6 Å². The lowest BCUT2D eigenvalue weighted by Gasteiger charge is -2.30. The van der Waals surface area contributed by atoms with Gasteiger partial charge in [-0.3, -0.25) is 9.05 Å². The number of nitrogens with zero attached hydrogens (tertiary/aromatic N) is 5. The van der Waals surface area contributed by atoms with E-state index in [1.807, 2.05) is 6.07 Å². The van der Waals surface area contributed by atoms with Crippen LogP contribution < -0.4 is 10.3 Å². The van der Waals surface area contributed by atoms with Crippen molar-refractivity contribution in [1.29, 1.82) is 10.5 Å². The van der Waals surface area contributed by atoms with Gasteiger partial charge in [-0.1, -0.05) is 114 Å². The summed E-state index contributed by atoms with van der Waals surface area (Å²) in [6.45, 7) is 2.36. The van der Waals surface area contributed by atoms with E-state index in [0.29, 0.717) is 29.6 Å². The number of unbranched alkanes of at least 4 members (excludes halogenated alkanes) is 14. The third-order valence-electron chi connectivity index (χ3n) is 12.2. The van der Waals surface area contributed by atoms with Crippen molar-refractivity contribution in [2.75, 3.05) is 18.9 Å². The number of halogens is 5. The molecule has 0 aliphatic carbocycles. The molecule has 2 fully saturated rings. The Morgan fingerprint density at radius 1 is 0.884 bits per heavy atom. The van der Waals surface area contributed by atoms with Crippen LogP contribution in [0.1, 0.15) is 146 Å². The van der Waals surface area contributed by atoms with Crippen LogP contribution in [0.3, 0.4) is 0 Å². The normalized spacial score (nSPS) is 21.1. The van der Waals surface area contributed by atoms with E-state index in [0.717, 1.165) is 89.5 Å². The molecule has 2 saturated heterocycles. The highest BCUT2D eigenvalue weighted by molar-refractivity contribution is 7.49. The van der Waals surface area contributed by atoms with Gasteiger partial charge in [0.2, 0.25) is 5.60 Å². The average molecular weight is 1010 g/mol. The zero-order valence-corrected chi connectivity index (χ0v) is 40.8. The molecular formula is C49H62ClF4N6O8P. The van der Waals surface area contributed by atoms with Crippen molar-refractivity contribution in [2.24, 2.45) is 0 Å². The van der Waals surface area contributed by atoms with Crippen molar-refractivity contribution in [1.82, 2.24) is 14.6 Å². The highest BCUT2D eigenvalue weighted by atomic mass is 35.5. The summed E-state index contributed by atoms with van der Waals surface area (Å²) >= 11 is 6.47. The minimum Gasteiger partial charge on any atom is -0.402 e. The Balaban J connectivity index is 1.06. The predicted octanol–water partition coefficient (Wildman–Crippen LogP) is 12.8. The number of hydrogen-bond acceptors (Lipinski definition) is 13. The van der Waals surface area contributed by atoms with Gasteiger partial charge >= 0.3 is 14.0 Å². The number of phosphoric ester groups is 1. The number of nitriles is 2. The Hall–Kier alpha value is -4.36. The fraction of sp³-hybridized carbons (Fsp3) is 0.592. The first-order valence-electron chi connectivity index (χ1n) is 23.8. The van der Waals surface area contributed by atoms with Crippen molar-refractivity contribution in [2.45, 2.75) is 172 Å². The first-order valence-corrected chi connectivity index (χ1v) is 25.6. The lowest BCUT2D eigenvalue weighted by molar-refractivity contribution is -0.204. The number of benzene rings is 2. The molecule has 376 valence electrons. The van der Waals surface area contributed by atoms with Crippen LogP contribution in [0.4, 0.5) is 23.4 Å². The molecule has 14 nitrogen and oxygen atoms in total. The molecule has 6 rings (SSSR count). The molecule has 4 aromatic rings. The van der Waals surface area contributed by atoms with Gasteiger partial charge in [-0.25, -0.2) is 18.5 Å². The summed E-state index contributed by atoms with van der Waals surface area (Å²) in [7, 11) is -4.69. The van der Waals surface area contributed by atoms with E-state index in [2.05, 4.69) is 16.2 Å². The van der Waals surface area contributed by atoms with Crippen LogP contribution in [0.5, 0.6) is 5.75 Å². The number of fused-ring (bicyclic) bond motifs is 2. The quantitative estimate of drug-likeness (QED) is 0.0308. The standard InChI is InChI=1S/C49H62ClF4N6O8P/c1-47(2)65-44-43(40-23-24-41-46(57)58-34-59-60(40)41)66-48(32-56,45(44)67-47)33-64-69(61,68-42-22-18-17-21-39(42)50)63-31-38(62-30-36-26-35(29-55)27-37(51)28-36)20-16-14-12-10-8-6-4-3-5-7-9-11-13-15-19-25-49(52,53)54/h17-18,21-24,26-28,34,38,43-45H,3-16,19-20,25,30-31,33H2,1-2H3,(H2,57,58,59)/t38-,43+,44+,45+,48-,69?/m1/s1. The Labute approximate surface area is 406 Å². The van der Waals surface area contributed by atoms with Gasteiger partial charge in [0, 0.05) is 6.42 Å². The van der Waals surface area contributed by atoms with Crippen LogP contribution in [-0.2, 0) is 39.2 Å². The van der Waals surface area contributed by atoms with Crippen LogP contribution in [0, 0.1) is 28.5 Å². The molecule has 2 aliphatic heterocycles. The van der Waals surface area contributed by atoms with Gasteiger partial charge in [-0.2, -0.15) is 28.8 Å². The molecule has 2 aromatic heterocycles. The topological polar surface area (TPSA) is 185 Å². The van der Waals surface area contributed by atoms with E-state index in [9.17, 15) is 32.7 Å². The lowest BCUT2D eigenvalue weighted by Crippen LogP contribution is -2.46. The monoisotopic (exact) mass is 1000 g/mol. The number of aromatic nitrogens is 3. The highest BCUT2D eigenvalue weighted by Gasteiger charge is 2.65. The Morgan fingerprint density at radius 3 is 2.17 bits per heavy atom. The largest absolute Gasteiger partial charge is 0.530 e. The second-order valence-corrected chi connectivity index (χ2v) is 20.1. The maximum atomic E-state index is 14.9. The number of para-hydroxylation sites is 1. The predicted molar refractivity (Wildman–Crippen MR) is 249 cm³/mol. The molecule has 20 heteroatoms. The summed E-state index contributed by atoms with van der Waals surface area (Å²) in [6, 6.07) is 17.9. The third kappa shape index (κ3) is 15.8. The summed E-state index contributed by atoms with van der Waals surface area (Å²) in [5, 5.41) is 24.7. The molecule has 2 N–H and O–H groups in total. The van der Waals surface area contributed by atoms with Crippen LogP contribution in [0.2, 0.25) is 5.02 Å². The van der Waals surface area contributed by atoms with E-state index in [1.165, 1.54) is 24.5 Å². The molecule has 2 aromatic carbocycles. The maximum absolute atomic E-state index is 14.9. The number of phosphoric acid groups is 1. The van der Waals surface area contributed by atoms with E-state index in [4.69, 9.17) is 49.9 Å². The van der Waals surface area contributed by atoms with Gasteiger partial charge in [-0.15, -0.1) is 0 Å². The van der Waals surface area contributed by atoms with Crippen molar-refractivity contribution in [3.05, 3.63) is 88.6 Å². The number of ether oxygens (including phenoxy) is 4. The molecule has 0 bridgehead atoms. The summed E-state index contributed by atoms with van der Waals surface area (Å²) in [6.07, 6.45) is 7.64. The van der Waals surface area contributed by atoms with Crippen LogP contribution in [0.25, 0.3) is 5.52 Å². The molecule has 0 saturated carbocycles. The van der Waals surface area contributed by atoms with Gasteiger partial charge in [0.05, 0.1) is 41.7 Å². The van der Waals surface area contributed by atoms with Crippen LogP contribution in [0.15, 0.2) is 60.9 Å². The first kappa shape index (κ1) is 54.0. The highest BCUT2D eigenvalue weighted by Crippen LogP contribution is 2.55. The van der Waals surface area contributed by atoms with Crippen LogP contribution >= 0.6 is 19.4 Å². The number of anilines is 1. The molecule has 69 heavy (non-hydrogen) atoms. The van der Waals surface area contributed by atoms with Crippen molar-refractivity contribution in [3.8, 4) is 17.9 Å². The summed E-state index contributed by atoms with van der Waals surface area (Å²) in [5.74, 6) is -1.51. The van der Waals surface area contributed by atoms with Gasteiger partial charge in [0.1, 0.15) is 54.4 Å².